The maximum absolute atomic E-state index is 12.3. The lowest BCUT2D eigenvalue weighted by Crippen LogP contribution is -2.07. The van der Waals surface area contributed by atoms with E-state index in [1.165, 1.54) is 49.2 Å². The van der Waals surface area contributed by atoms with Gasteiger partial charge < -0.3 is 14.2 Å². The summed E-state index contributed by atoms with van der Waals surface area (Å²) in [5, 5.41) is 9.61. The summed E-state index contributed by atoms with van der Waals surface area (Å²) in [6.07, 6.45) is 9.07. The first-order valence-electron chi connectivity index (χ1n) is 11.7. The molecular formula is C25H35NO4S2. The van der Waals surface area contributed by atoms with Gasteiger partial charge in [-0.3, -0.25) is 0 Å². The minimum absolute atomic E-state index is 0.0403. The molecule has 0 aromatic heterocycles. The van der Waals surface area contributed by atoms with Crippen LogP contribution in [-0.2, 0) is 9.53 Å². The van der Waals surface area contributed by atoms with Gasteiger partial charge in [0.15, 0.2) is 5.57 Å². The zero-order chi connectivity index (χ0) is 23.3. The normalized spacial score (nSPS) is 14.0. The van der Waals surface area contributed by atoms with Gasteiger partial charge in [-0.25, -0.2) is 4.79 Å². The Morgan fingerprint density at radius 3 is 2.16 bits per heavy atom. The Labute approximate surface area is 201 Å². The number of benzene rings is 1. The molecule has 1 aromatic rings. The molecule has 0 saturated carbocycles. The predicted octanol–water partition coefficient (Wildman–Crippen LogP) is 7.41. The van der Waals surface area contributed by atoms with E-state index in [9.17, 15) is 10.1 Å². The molecular weight excluding hydrogens is 442 g/mol. The number of aryl methyl sites for hydroxylation is 1. The number of carbonyl (C=O) groups excluding carboxylic acids is 1. The number of fused-ring (bicyclic) bond motifs is 1. The van der Waals surface area contributed by atoms with Crippen molar-refractivity contribution in [3.8, 4) is 17.6 Å². The molecule has 0 amide bonds. The molecule has 1 heterocycles. The third-order valence-electron chi connectivity index (χ3n) is 5.03. The first-order valence-corrected chi connectivity index (χ1v) is 13.3. The molecule has 0 radical (unpaired) electrons. The Balaban J connectivity index is 2.29. The molecule has 2 rings (SSSR count). The monoisotopic (exact) mass is 477 g/mol. The molecule has 0 atom stereocenters. The summed E-state index contributed by atoms with van der Waals surface area (Å²) in [7, 11) is 0. The quantitative estimate of drug-likeness (QED) is 0.120. The fourth-order valence-corrected chi connectivity index (χ4v) is 5.96. The van der Waals surface area contributed by atoms with Crippen molar-refractivity contribution in [2.24, 2.45) is 0 Å². The third kappa shape index (κ3) is 7.38. The van der Waals surface area contributed by atoms with E-state index in [1.54, 1.807) is 6.92 Å². The van der Waals surface area contributed by atoms with Gasteiger partial charge in [-0.05, 0) is 38.3 Å². The number of carbonyl (C=O) groups is 1. The van der Waals surface area contributed by atoms with Crippen molar-refractivity contribution in [1.82, 2.24) is 0 Å². The van der Waals surface area contributed by atoms with E-state index < -0.39 is 5.97 Å². The van der Waals surface area contributed by atoms with E-state index in [4.69, 9.17) is 14.2 Å². The van der Waals surface area contributed by atoms with Crippen LogP contribution in [0.5, 0.6) is 11.5 Å². The Hall–Kier alpha value is -1.78. The summed E-state index contributed by atoms with van der Waals surface area (Å²) in [5.41, 5.74) is 1.05. The van der Waals surface area contributed by atoms with Gasteiger partial charge in [0.2, 0.25) is 0 Å². The fraction of sp³-hybridized carbons (Fsp3) is 0.600. The first kappa shape index (κ1) is 26.5. The van der Waals surface area contributed by atoms with Gasteiger partial charge in [-0.2, -0.15) is 5.26 Å². The van der Waals surface area contributed by atoms with Gasteiger partial charge in [-0.15, -0.1) is 0 Å². The van der Waals surface area contributed by atoms with Crippen LogP contribution in [0.2, 0.25) is 0 Å². The number of thioether (sulfide) groups is 2. The molecule has 1 aliphatic rings. The van der Waals surface area contributed by atoms with E-state index >= 15 is 0 Å². The lowest BCUT2D eigenvalue weighted by Gasteiger charge is -2.16. The Kier molecular flexibility index (Phi) is 11.9. The van der Waals surface area contributed by atoms with Gasteiger partial charge in [-0.1, -0.05) is 75.9 Å². The fourth-order valence-electron chi connectivity index (χ4n) is 3.30. The van der Waals surface area contributed by atoms with E-state index in [2.05, 4.69) is 13.8 Å². The SMILES string of the molecule is CCCCCCOc1cc(C)c(OCCCCCC)c2c1SC(=C(C#N)C(=O)OCC)S2. The summed E-state index contributed by atoms with van der Waals surface area (Å²) in [6.45, 7) is 9.67. The van der Waals surface area contributed by atoms with E-state index in [1.807, 2.05) is 19.1 Å². The van der Waals surface area contributed by atoms with Crippen LogP contribution in [0.3, 0.4) is 0 Å². The summed E-state index contributed by atoms with van der Waals surface area (Å²) < 4.78 is 18.1. The maximum atomic E-state index is 12.3. The highest BCUT2D eigenvalue weighted by Crippen LogP contribution is 2.59. The topological polar surface area (TPSA) is 68.5 Å². The molecule has 1 aromatic carbocycles. The Morgan fingerprint density at radius 2 is 1.56 bits per heavy atom. The Morgan fingerprint density at radius 1 is 0.938 bits per heavy atom. The van der Waals surface area contributed by atoms with Gasteiger partial charge in [0.05, 0.1) is 33.8 Å². The second kappa shape index (κ2) is 14.4. The van der Waals surface area contributed by atoms with Crippen molar-refractivity contribution in [2.75, 3.05) is 19.8 Å². The highest BCUT2D eigenvalue weighted by atomic mass is 32.2. The van der Waals surface area contributed by atoms with Crippen LogP contribution in [0.25, 0.3) is 0 Å². The molecule has 0 N–H and O–H groups in total. The molecule has 0 saturated heterocycles. The lowest BCUT2D eigenvalue weighted by molar-refractivity contribution is -0.138. The number of nitriles is 1. The minimum atomic E-state index is -0.585. The smallest absolute Gasteiger partial charge is 0.350 e. The second-order valence-electron chi connectivity index (χ2n) is 7.70. The van der Waals surface area contributed by atoms with E-state index in [-0.39, 0.29) is 12.2 Å². The van der Waals surface area contributed by atoms with Gasteiger partial charge in [0, 0.05) is 0 Å². The minimum Gasteiger partial charge on any atom is -0.492 e. The van der Waals surface area contributed by atoms with Crippen LogP contribution in [0, 0.1) is 18.3 Å². The zero-order valence-electron chi connectivity index (χ0n) is 19.8. The van der Waals surface area contributed by atoms with Crippen LogP contribution in [0.15, 0.2) is 25.7 Å². The van der Waals surface area contributed by atoms with Crippen molar-refractivity contribution in [1.29, 1.82) is 5.26 Å². The maximum Gasteiger partial charge on any atom is 0.350 e. The highest BCUT2D eigenvalue weighted by Gasteiger charge is 2.32. The molecule has 0 spiro atoms. The zero-order valence-corrected chi connectivity index (χ0v) is 21.4. The lowest BCUT2D eigenvalue weighted by atomic mass is 10.2. The number of hydrogen-bond acceptors (Lipinski definition) is 7. The van der Waals surface area contributed by atoms with Gasteiger partial charge in [0.25, 0.3) is 0 Å². The molecule has 5 nitrogen and oxygen atoms in total. The number of rotatable bonds is 14. The molecule has 0 fully saturated rings. The summed E-state index contributed by atoms with van der Waals surface area (Å²) >= 11 is 2.81. The summed E-state index contributed by atoms with van der Waals surface area (Å²) in [4.78, 5) is 14.2. The van der Waals surface area contributed by atoms with Gasteiger partial charge >= 0.3 is 5.97 Å². The molecule has 32 heavy (non-hydrogen) atoms. The predicted molar refractivity (Wildman–Crippen MR) is 131 cm³/mol. The van der Waals surface area contributed by atoms with Crippen LogP contribution in [-0.4, -0.2) is 25.8 Å². The number of esters is 1. The second-order valence-corrected chi connectivity index (χ2v) is 10.00. The largest absolute Gasteiger partial charge is 0.492 e. The third-order valence-corrected chi connectivity index (χ3v) is 7.64. The van der Waals surface area contributed by atoms with Crippen LogP contribution >= 0.6 is 23.5 Å². The molecule has 7 heteroatoms. The molecule has 0 unspecified atom stereocenters. The summed E-state index contributed by atoms with van der Waals surface area (Å²) in [6, 6.07) is 4.05. The van der Waals surface area contributed by atoms with Crippen LogP contribution in [0.1, 0.15) is 77.7 Å². The Bertz CT molecular complexity index is 845. The van der Waals surface area contributed by atoms with E-state index in [0.29, 0.717) is 17.5 Å². The number of nitrogens with zero attached hydrogens (tertiary/aromatic N) is 1. The molecule has 1 aliphatic heterocycles. The van der Waals surface area contributed by atoms with Crippen molar-refractivity contribution in [3.63, 3.8) is 0 Å². The number of hydrogen-bond donors (Lipinski definition) is 0. The molecule has 0 bridgehead atoms. The number of ether oxygens (including phenoxy) is 3. The van der Waals surface area contributed by atoms with Gasteiger partial charge in [0.1, 0.15) is 17.6 Å². The average molecular weight is 478 g/mol. The van der Waals surface area contributed by atoms with Crippen molar-refractivity contribution >= 4 is 29.5 Å². The first-order chi connectivity index (χ1) is 15.6. The molecule has 0 aliphatic carbocycles. The van der Waals surface area contributed by atoms with Crippen molar-refractivity contribution in [3.05, 3.63) is 21.4 Å². The standard InChI is InChI=1S/C25H35NO4S2/c1-5-8-10-12-14-29-20-16-18(4)21(30-15-13-11-9-6-2)23-22(20)31-25(32-23)19(17-26)24(27)28-7-3/h16H,5-15H2,1-4H3. The van der Waals surface area contributed by atoms with Crippen LogP contribution in [0.4, 0.5) is 0 Å². The van der Waals surface area contributed by atoms with Crippen LogP contribution < -0.4 is 9.47 Å². The van der Waals surface area contributed by atoms with Crippen molar-refractivity contribution in [2.45, 2.75) is 88.9 Å². The molecule has 176 valence electrons. The highest BCUT2D eigenvalue weighted by molar-refractivity contribution is 8.24. The average Bonchev–Trinajstić information content (AvgIpc) is 3.20. The van der Waals surface area contributed by atoms with Crippen molar-refractivity contribution < 1.29 is 19.0 Å². The summed E-state index contributed by atoms with van der Waals surface area (Å²) in [5.74, 6) is 1.03. The number of unbranched alkanes of at least 4 members (excludes halogenated alkanes) is 6. The van der Waals surface area contributed by atoms with E-state index in [0.717, 1.165) is 52.5 Å².